The molecule has 0 aromatic carbocycles. The van der Waals surface area contributed by atoms with E-state index in [4.69, 9.17) is 4.74 Å². The Morgan fingerprint density at radius 1 is 1.11 bits per heavy atom. The van der Waals surface area contributed by atoms with Crippen molar-refractivity contribution in [3.63, 3.8) is 0 Å². The first kappa shape index (κ1) is 16.9. The summed E-state index contributed by atoms with van der Waals surface area (Å²) in [6.45, 7) is 6.60. The van der Waals surface area contributed by atoms with Crippen LogP contribution in [0.5, 0.6) is 0 Å². The number of hydrogen-bond donors (Lipinski definition) is 0. The van der Waals surface area contributed by atoms with Gasteiger partial charge in [-0.05, 0) is 19.3 Å². The maximum Gasteiger partial charge on any atom is 0.251 e. The largest absolute Gasteiger partial charge is 0.369 e. The fourth-order valence-electron chi connectivity index (χ4n) is 1.28. The number of hydrogen-bond acceptors (Lipinski definition) is 3. The summed E-state index contributed by atoms with van der Waals surface area (Å²) in [4.78, 5) is 26.3. The fourth-order valence-corrected chi connectivity index (χ4v) is 1.28. The molecule has 1 atom stereocenters. The summed E-state index contributed by atoms with van der Waals surface area (Å²) in [7, 11) is 4.96. The van der Waals surface area contributed by atoms with Crippen LogP contribution in [0.25, 0.3) is 0 Å². The van der Waals surface area contributed by atoms with Gasteiger partial charge in [-0.25, -0.2) is 0 Å². The topological polar surface area (TPSA) is 49.9 Å². The first-order valence-corrected chi connectivity index (χ1v) is 6.32. The van der Waals surface area contributed by atoms with E-state index < -0.39 is 6.10 Å². The number of amides is 2. The molecule has 0 aromatic heterocycles. The summed E-state index contributed by atoms with van der Waals surface area (Å²) in [5.41, 5.74) is 0. The van der Waals surface area contributed by atoms with Gasteiger partial charge in [-0.15, -0.1) is 0 Å². The highest BCUT2D eigenvalue weighted by atomic mass is 16.5. The van der Waals surface area contributed by atoms with Crippen molar-refractivity contribution >= 4 is 11.8 Å². The minimum atomic E-state index is -0.497. The van der Waals surface area contributed by atoms with Crippen molar-refractivity contribution in [3.8, 4) is 0 Å². The number of rotatable bonds is 7. The molecule has 0 radical (unpaired) electrons. The van der Waals surface area contributed by atoms with Crippen LogP contribution in [-0.4, -0.2) is 62.0 Å². The van der Waals surface area contributed by atoms with E-state index in [0.717, 1.165) is 6.42 Å². The van der Waals surface area contributed by atoms with Gasteiger partial charge >= 0.3 is 0 Å². The highest BCUT2D eigenvalue weighted by Crippen LogP contribution is 2.03. The number of ether oxygens (including phenoxy) is 1. The molecule has 0 unspecified atom stereocenters. The Bertz CT molecular complexity index is 277. The predicted octanol–water partition coefficient (Wildman–Crippen LogP) is 0.984. The van der Waals surface area contributed by atoms with E-state index in [9.17, 15) is 9.59 Å². The van der Waals surface area contributed by atoms with Crippen molar-refractivity contribution in [1.29, 1.82) is 0 Å². The monoisotopic (exact) mass is 258 g/mol. The Morgan fingerprint density at radius 2 is 1.67 bits per heavy atom. The molecule has 0 aliphatic rings. The SMILES string of the molecule is CC(C)CCO[C@@H](C)C(=O)N(C)CC(=O)N(C)C. The van der Waals surface area contributed by atoms with Gasteiger partial charge in [0.1, 0.15) is 6.10 Å². The highest BCUT2D eigenvalue weighted by molar-refractivity contribution is 5.86. The van der Waals surface area contributed by atoms with E-state index in [1.54, 1.807) is 28.1 Å². The van der Waals surface area contributed by atoms with Gasteiger partial charge in [0.15, 0.2) is 0 Å². The van der Waals surface area contributed by atoms with Crippen LogP contribution in [0.1, 0.15) is 27.2 Å². The molecule has 0 aliphatic heterocycles. The summed E-state index contributed by atoms with van der Waals surface area (Å²) in [5, 5.41) is 0. The van der Waals surface area contributed by atoms with Crippen LogP contribution >= 0.6 is 0 Å². The summed E-state index contributed by atoms with van der Waals surface area (Å²) in [6, 6.07) is 0. The van der Waals surface area contributed by atoms with Crippen LogP contribution < -0.4 is 0 Å². The van der Waals surface area contributed by atoms with Crippen molar-refractivity contribution in [3.05, 3.63) is 0 Å². The zero-order valence-corrected chi connectivity index (χ0v) is 12.4. The third kappa shape index (κ3) is 6.59. The van der Waals surface area contributed by atoms with E-state index in [1.807, 2.05) is 0 Å². The molecule has 18 heavy (non-hydrogen) atoms. The van der Waals surface area contributed by atoms with Crippen LogP contribution in [0.2, 0.25) is 0 Å². The molecule has 2 amide bonds. The van der Waals surface area contributed by atoms with Crippen LogP contribution in [0, 0.1) is 5.92 Å². The molecule has 5 heteroatoms. The molecule has 106 valence electrons. The Kier molecular flexibility index (Phi) is 7.59. The molecule has 0 aliphatic carbocycles. The molecule has 0 saturated heterocycles. The number of carbonyl (C=O) groups is 2. The zero-order chi connectivity index (χ0) is 14.3. The summed E-state index contributed by atoms with van der Waals surface area (Å²) >= 11 is 0. The van der Waals surface area contributed by atoms with Gasteiger partial charge in [-0.2, -0.15) is 0 Å². The lowest BCUT2D eigenvalue weighted by Crippen LogP contribution is -2.42. The van der Waals surface area contributed by atoms with Crippen LogP contribution in [0.15, 0.2) is 0 Å². The molecule has 0 aromatic rings. The molecule has 0 saturated carbocycles. The first-order chi connectivity index (χ1) is 8.25. The first-order valence-electron chi connectivity index (χ1n) is 6.32. The smallest absolute Gasteiger partial charge is 0.251 e. The standard InChI is InChI=1S/C13H26N2O3/c1-10(2)7-8-18-11(3)13(17)15(6)9-12(16)14(4)5/h10-11H,7-9H2,1-6H3/t11-/m0/s1. The van der Waals surface area contributed by atoms with Crippen LogP contribution in [-0.2, 0) is 14.3 Å². The molecular weight excluding hydrogens is 232 g/mol. The molecule has 0 N–H and O–H groups in total. The minimum absolute atomic E-state index is 0.0870. The fraction of sp³-hybridized carbons (Fsp3) is 0.846. The number of carbonyl (C=O) groups excluding carboxylic acids is 2. The van der Waals surface area contributed by atoms with Gasteiger partial charge < -0.3 is 14.5 Å². The Labute approximate surface area is 110 Å². The van der Waals surface area contributed by atoms with E-state index >= 15 is 0 Å². The van der Waals surface area contributed by atoms with E-state index in [0.29, 0.717) is 12.5 Å². The Balaban J connectivity index is 4.08. The lowest BCUT2D eigenvalue weighted by molar-refractivity contribution is -0.145. The van der Waals surface area contributed by atoms with E-state index in [2.05, 4.69) is 13.8 Å². The Morgan fingerprint density at radius 3 is 2.11 bits per heavy atom. The van der Waals surface area contributed by atoms with Gasteiger partial charge in [0.05, 0.1) is 6.54 Å². The van der Waals surface area contributed by atoms with E-state index in [1.165, 1.54) is 9.80 Å². The molecule has 0 heterocycles. The maximum absolute atomic E-state index is 11.9. The lowest BCUT2D eigenvalue weighted by atomic mass is 10.1. The van der Waals surface area contributed by atoms with Gasteiger partial charge in [0.2, 0.25) is 5.91 Å². The van der Waals surface area contributed by atoms with Gasteiger partial charge in [0, 0.05) is 27.7 Å². The lowest BCUT2D eigenvalue weighted by Gasteiger charge is -2.22. The molecule has 5 nitrogen and oxygen atoms in total. The molecule has 0 rings (SSSR count). The van der Waals surface area contributed by atoms with Crippen LogP contribution in [0.4, 0.5) is 0 Å². The maximum atomic E-state index is 11.9. The average molecular weight is 258 g/mol. The van der Waals surface area contributed by atoms with Crippen molar-refractivity contribution in [2.45, 2.75) is 33.3 Å². The third-order valence-electron chi connectivity index (χ3n) is 2.66. The second-order valence-electron chi connectivity index (χ2n) is 5.18. The van der Waals surface area contributed by atoms with Crippen LogP contribution in [0.3, 0.4) is 0 Å². The van der Waals surface area contributed by atoms with Crippen molar-refractivity contribution in [1.82, 2.24) is 9.80 Å². The molecular formula is C13H26N2O3. The van der Waals surface area contributed by atoms with E-state index in [-0.39, 0.29) is 18.4 Å². The highest BCUT2D eigenvalue weighted by Gasteiger charge is 2.20. The second kappa shape index (κ2) is 8.08. The molecule has 0 spiro atoms. The van der Waals surface area contributed by atoms with Crippen molar-refractivity contribution < 1.29 is 14.3 Å². The Hall–Kier alpha value is -1.10. The summed E-state index contributed by atoms with van der Waals surface area (Å²) < 4.78 is 5.46. The average Bonchev–Trinajstić information content (AvgIpc) is 2.26. The molecule has 0 fully saturated rings. The zero-order valence-electron chi connectivity index (χ0n) is 12.4. The third-order valence-corrected chi connectivity index (χ3v) is 2.66. The van der Waals surface area contributed by atoms with Gasteiger partial charge in [0.25, 0.3) is 5.91 Å². The number of likely N-dealkylation sites (N-methyl/N-ethyl adjacent to an activating group) is 2. The second-order valence-corrected chi connectivity index (χ2v) is 5.18. The quantitative estimate of drug-likeness (QED) is 0.684. The predicted molar refractivity (Wildman–Crippen MR) is 71.2 cm³/mol. The normalized spacial score (nSPS) is 12.4. The molecule has 0 bridgehead atoms. The summed E-state index contributed by atoms with van der Waals surface area (Å²) in [5.74, 6) is 0.300. The minimum Gasteiger partial charge on any atom is -0.369 e. The van der Waals surface area contributed by atoms with Gasteiger partial charge in [-0.3, -0.25) is 9.59 Å². The summed E-state index contributed by atoms with van der Waals surface area (Å²) in [6.07, 6.45) is 0.432. The van der Waals surface area contributed by atoms with Crippen molar-refractivity contribution in [2.24, 2.45) is 5.92 Å². The van der Waals surface area contributed by atoms with Crippen molar-refractivity contribution in [2.75, 3.05) is 34.3 Å². The number of nitrogens with zero attached hydrogens (tertiary/aromatic N) is 2. The van der Waals surface area contributed by atoms with Gasteiger partial charge in [-0.1, -0.05) is 13.8 Å².